The maximum Gasteiger partial charge on any atom is 0.311 e. The molecule has 0 aliphatic carbocycles. The number of hydrogen-bond acceptors (Lipinski definition) is 9. The number of hydrogen-bond donors (Lipinski definition) is 2. The van der Waals surface area contributed by atoms with E-state index in [0.29, 0.717) is 10.0 Å². The number of halogens is 1. The maximum absolute atomic E-state index is 10.7. The summed E-state index contributed by atoms with van der Waals surface area (Å²) in [5.74, 6) is -0.336. The van der Waals surface area contributed by atoms with Crippen molar-refractivity contribution in [2.24, 2.45) is 4.99 Å². The lowest BCUT2D eigenvalue weighted by Crippen LogP contribution is -2.00. The van der Waals surface area contributed by atoms with Crippen molar-refractivity contribution in [3.05, 3.63) is 139 Å². The molecular formula is C30H29BrN8O5. The quantitative estimate of drug-likeness (QED) is 0.124. The molecular weight excluding hydrogens is 632 g/mol. The normalized spacial score (nSPS) is 10.9. The molecule has 0 amide bonds. The summed E-state index contributed by atoms with van der Waals surface area (Å²) < 4.78 is 3.75. The Morgan fingerprint density at radius 1 is 0.818 bits per heavy atom. The number of nitrogens with two attached hydrogens (primary N) is 1. The van der Waals surface area contributed by atoms with E-state index in [2.05, 4.69) is 31.1 Å². The Balaban J connectivity index is 0.000000168. The number of benzene rings is 3. The summed E-state index contributed by atoms with van der Waals surface area (Å²) in [6, 6.07) is 18.7. The molecule has 3 aromatic carbocycles. The van der Waals surface area contributed by atoms with E-state index in [1.807, 2.05) is 54.2 Å². The van der Waals surface area contributed by atoms with E-state index in [4.69, 9.17) is 10.8 Å². The van der Waals surface area contributed by atoms with Gasteiger partial charge in [-0.3, -0.25) is 25.2 Å². The molecule has 1 aliphatic rings. The van der Waals surface area contributed by atoms with Gasteiger partial charge in [0.2, 0.25) is 5.75 Å². The maximum atomic E-state index is 10.7. The van der Waals surface area contributed by atoms with Gasteiger partial charge in [0.1, 0.15) is 0 Å². The molecule has 6 rings (SSSR count). The average molecular weight is 662 g/mol. The first-order valence-corrected chi connectivity index (χ1v) is 13.8. The van der Waals surface area contributed by atoms with Crippen molar-refractivity contribution >= 4 is 39.2 Å². The highest BCUT2D eigenvalue weighted by Crippen LogP contribution is 2.32. The number of para-hydroxylation sites is 1. The molecule has 13 nitrogen and oxygen atoms in total. The summed E-state index contributed by atoms with van der Waals surface area (Å²) in [6.45, 7) is 4.60. The van der Waals surface area contributed by atoms with Crippen LogP contribution in [0.3, 0.4) is 0 Å². The molecule has 0 radical (unpaired) electrons. The average Bonchev–Trinajstić information content (AvgIpc) is 3.82. The zero-order valence-corrected chi connectivity index (χ0v) is 25.4. The molecule has 0 unspecified atom stereocenters. The number of nitro benzene ring substituents is 2. The van der Waals surface area contributed by atoms with Crippen LogP contribution in [-0.2, 0) is 0 Å². The Hall–Kier alpha value is -5.63. The zero-order valence-electron chi connectivity index (χ0n) is 23.8. The molecule has 0 saturated carbocycles. The predicted molar refractivity (Wildman–Crippen MR) is 173 cm³/mol. The van der Waals surface area contributed by atoms with Crippen molar-refractivity contribution in [1.29, 1.82) is 0 Å². The summed E-state index contributed by atoms with van der Waals surface area (Å²) in [4.78, 5) is 23.7. The number of aromatic nitrogens is 4. The van der Waals surface area contributed by atoms with Gasteiger partial charge in [-0.05, 0) is 77.8 Å². The van der Waals surface area contributed by atoms with Crippen LogP contribution in [-0.4, -0.2) is 47.3 Å². The highest BCUT2D eigenvalue weighted by atomic mass is 79.9. The molecule has 226 valence electrons. The highest BCUT2D eigenvalue weighted by molar-refractivity contribution is 9.10. The number of aliphatic imine (C=N–C) groups is 1. The number of nitro groups is 2. The van der Waals surface area contributed by atoms with Crippen molar-refractivity contribution in [2.75, 3.05) is 12.3 Å². The molecule has 0 saturated heterocycles. The van der Waals surface area contributed by atoms with Crippen molar-refractivity contribution in [1.82, 2.24) is 19.6 Å². The first kappa shape index (κ1) is 32.9. The van der Waals surface area contributed by atoms with Crippen molar-refractivity contribution in [3.8, 4) is 17.1 Å². The van der Waals surface area contributed by atoms with Gasteiger partial charge in [0, 0.05) is 48.8 Å². The van der Waals surface area contributed by atoms with Crippen LogP contribution in [0, 0.1) is 34.1 Å². The minimum absolute atomic E-state index is 0.114. The third-order valence-corrected chi connectivity index (χ3v) is 6.66. The second-order valence-corrected chi connectivity index (χ2v) is 9.73. The standard InChI is InChI=1S/C10H9N3O2.C10H11N3.C6H4BrNO3.C4H5N/c1-8-9(12-7-3-6-11-12)4-2-5-10(8)13(14)15;1-8-9(11)4-2-5-10(8)13-7-3-6-12-13;7-4-2-1-3-5(6(4)9)8(10)11;1-2-4-5-3-1/h2-7H,1H3;2-7H,11H2,1H3;1-3,9H;1-3H,4H2. The lowest BCUT2D eigenvalue weighted by atomic mass is 10.1. The summed E-state index contributed by atoms with van der Waals surface area (Å²) >= 11 is 2.96. The van der Waals surface area contributed by atoms with Gasteiger partial charge in [0.05, 0.1) is 37.8 Å². The Bertz CT molecular complexity index is 1740. The summed E-state index contributed by atoms with van der Waals surface area (Å²) in [5, 5.41) is 38.2. The van der Waals surface area contributed by atoms with E-state index in [1.54, 1.807) is 54.6 Å². The van der Waals surface area contributed by atoms with Gasteiger partial charge >= 0.3 is 5.69 Å². The van der Waals surface area contributed by atoms with Crippen LogP contribution in [0.2, 0.25) is 0 Å². The number of nitrogen functional groups attached to an aromatic ring is 1. The monoisotopic (exact) mass is 660 g/mol. The second-order valence-electron chi connectivity index (χ2n) is 8.88. The smallest absolute Gasteiger partial charge is 0.311 e. The predicted octanol–water partition coefficient (Wildman–Crippen LogP) is 6.54. The number of rotatable bonds is 4. The van der Waals surface area contributed by atoms with Gasteiger partial charge < -0.3 is 10.8 Å². The molecule has 3 heterocycles. The molecule has 44 heavy (non-hydrogen) atoms. The fraction of sp³-hybridized carbons (Fsp3) is 0.100. The van der Waals surface area contributed by atoms with Crippen LogP contribution in [0.25, 0.3) is 11.4 Å². The first-order valence-electron chi connectivity index (χ1n) is 13.0. The molecule has 3 N–H and O–H groups in total. The number of phenolic OH excluding ortho intramolecular Hbond substituents is 1. The number of nitrogens with zero attached hydrogens (tertiary/aromatic N) is 7. The van der Waals surface area contributed by atoms with Gasteiger partial charge in [-0.15, -0.1) is 0 Å². The Morgan fingerprint density at radius 2 is 1.36 bits per heavy atom. The first-order chi connectivity index (χ1) is 21.1. The van der Waals surface area contributed by atoms with E-state index in [1.165, 1.54) is 24.3 Å². The molecule has 5 aromatic rings. The minimum atomic E-state index is -0.639. The van der Waals surface area contributed by atoms with Crippen LogP contribution < -0.4 is 5.73 Å². The van der Waals surface area contributed by atoms with Gasteiger partial charge in [0.15, 0.2) is 0 Å². The zero-order chi connectivity index (χ0) is 32.1. The Morgan fingerprint density at radius 3 is 1.82 bits per heavy atom. The van der Waals surface area contributed by atoms with E-state index in [-0.39, 0.29) is 22.0 Å². The van der Waals surface area contributed by atoms with E-state index in [0.717, 1.165) is 29.2 Å². The lowest BCUT2D eigenvalue weighted by molar-refractivity contribution is -0.386. The summed E-state index contributed by atoms with van der Waals surface area (Å²) in [5.41, 5.74) is 9.85. The highest BCUT2D eigenvalue weighted by Gasteiger charge is 2.15. The third-order valence-electron chi connectivity index (χ3n) is 6.02. The van der Waals surface area contributed by atoms with E-state index < -0.39 is 4.92 Å². The Kier molecular flexibility index (Phi) is 12.0. The molecule has 0 atom stereocenters. The van der Waals surface area contributed by atoms with Gasteiger partial charge in [0.25, 0.3) is 5.69 Å². The molecule has 0 bridgehead atoms. The third kappa shape index (κ3) is 8.93. The second kappa shape index (κ2) is 16.1. The number of allylic oxidation sites excluding steroid dienone is 1. The fourth-order valence-electron chi connectivity index (χ4n) is 3.72. The van der Waals surface area contributed by atoms with Crippen molar-refractivity contribution < 1.29 is 15.0 Å². The molecule has 0 spiro atoms. The van der Waals surface area contributed by atoms with Crippen molar-refractivity contribution in [2.45, 2.75) is 13.8 Å². The molecule has 14 heteroatoms. The molecule has 0 fully saturated rings. The van der Waals surface area contributed by atoms with Gasteiger partial charge in [-0.1, -0.05) is 24.3 Å². The van der Waals surface area contributed by atoms with Crippen LogP contribution >= 0.6 is 15.9 Å². The summed E-state index contributed by atoms with van der Waals surface area (Å²) in [6.07, 6.45) is 12.8. The number of phenols is 1. The number of aromatic hydroxyl groups is 1. The SMILES string of the molecule is C1=CCN=C1.Cc1c(-n2cccn2)cccc1[N+](=O)[O-].Cc1c(N)cccc1-n1cccn1.O=[N+]([O-])c1cccc(Br)c1O. The van der Waals surface area contributed by atoms with E-state index >= 15 is 0 Å². The van der Waals surface area contributed by atoms with Crippen LogP contribution in [0.5, 0.6) is 5.75 Å². The fourth-order valence-corrected chi connectivity index (χ4v) is 4.08. The van der Waals surface area contributed by atoms with E-state index in [9.17, 15) is 20.2 Å². The number of anilines is 1. The Labute approximate surface area is 261 Å². The minimum Gasteiger partial charge on any atom is -0.501 e. The van der Waals surface area contributed by atoms with Gasteiger partial charge in [-0.25, -0.2) is 9.36 Å². The lowest BCUT2D eigenvalue weighted by Gasteiger charge is -2.07. The topological polar surface area (TPSA) is 181 Å². The van der Waals surface area contributed by atoms with Crippen molar-refractivity contribution in [3.63, 3.8) is 0 Å². The molecule has 2 aromatic heterocycles. The largest absolute Gasteiger partial charge is 0.501 e. The van der Waals surface area contributed by atoms with Crippen LogP contribution in [0.1, 0.15) is 11.1 Å². The van der Waals surface area contributed by atoms with Crippen LogP contribution in [0.15, 0.2) is 113 Å². The van der Waals surface area contributed by atoms with Crippen LogP contribution in [0.4, 0.5) is 17.1 Å². The van der Waals surface area contributed by atoms with Gasteiger partial charge in [-0.2, -0.15) is 10.2 Å². The molecule has 1 aliphatic heterocycles. The summed E-state index contributed by atoms with van der Waals surface area (Å²) in [7, 11) is 0.